The summed E-state index contributed by atoms with van der Waals surface area (Å²) in [7, 11) is -2.91. The van der Waals surface area contributed by atoms with E-state index in [0.29, 0.717) is 24.0 Å². The fourth-order valence-corrected chi connectivity index (χ4v) is 5.78. The number of hydrogen-bond acceptors (Lipinski definition) is 7. The summed E-state index contributed by atoms with van der Waals surface area (Å²) in [4.78, 5) is 14.5. The van der Waals surface area contributed by atoms with E-state index in [1.165, 1.54) is 11.8 Å². The summed E-state index contributed by atoms with van der Waals surface area (Å²) in [5.41, 5.74) is 0. The fraction of sp³-hybridized carbons (Fsp3) is 0.812. The average Bonchev–Trinajstić information content (AvgIpc) is 3.04. The molecule has 9 heteroatoms. The molecule has 1 aromatic rings. The van der Waals surface area contributed by atoms with Crippen LogP contribution in [0.2, 0.25) is 0 Å². The number of nitrogens with zero attached hydrogens (tertiary/aromatic N) is 3. The first kappa shape index (κ1) is 20.2. The van der Waals surface area contributed by atoms with Gasteiger partial charge in [0.2, 0.25) is 11.8 Å². The Bertz CT molecular complexity index is 692. The summed E-state index contributed by atoms with van der Waals surface area (Å²) >= 11 is 1.24. The standard InChI is InChI=1S/C16H27N3O4S2/c1-10(2)19(11(3)4)15(20)12(5)24-16-18-17-14(23-16)8-13-6-7-25(21,22)9-13/h10-13H,6-9H2,1-5H3/t12-,13+/m0/s1. The van der Waals surface area contributed by atoms with Crippen molar-refractivity contribution in [3.8, 4) is 0 Å². The van der Waals surface area contributed by atoms with Crippen molar-refractivity contribution < 1.29 is 17.6 Å². The molecule has 1 fully saturated rings. The highest BCUT2D eigenvalue weighted by molar-refractivity contribution is 8.00. The van der Waals surface area contributed by atoms with Crippen molar-refractivity contribution >= 4 is 27.5 Å². The zero-order valence-corrected chi connectivity index (χ0v) is 17.1. The molecular weight excluding hydrogens is 362 g/mol. The van der Waals surface area contributed by atoms with Crippen molar-refractivity contribution in [3.05, 3.63) is 5.89 Å². The number of aromatic nitrogens is 2. The Hall–Kier alpha value is -1.09. The minimum Gasteiger partial charge on any atom is -0.416 e. The number of carbonyl (C=O) groups excluding carboxylic acids is 1. The molecule has 0 unspecified atom stereocenters. The largest absolute Gasteiger partial charge is 0.416 e. The normalized spacial score (nSPS) is 21.0. The van der Waals surface area contributed by atoms with E-state index in [1.807, 2.05) is 39.5 Å². The number of hydrogen-bond donors (Lipinski definition) is 0. The van der Waals surface area contributed by atoms with Crippen molar-refractivity contribution in [2.75, 3.05) is 11.5 Å². The molecule has 1 aromatic heterocycles. The first-order valence-corrected chi connectivity index (χ1v) is 11.3. The third-order valence-corrected chi connectivity index (χ3v) is 6.99. The van der Waals surface area contributed by atoms with Gasteiger partial charge in [0, 0.05) is 18.5 Å². The quantitative estimate of drug-likeness (QED) is 0.660. The molecule has 0 aliphatic carbocycles. The summed E-state index contributed by atoms with van der Waals surface area (Å²) in [5.74, 6) is 0.939. The van der Waals surface area contributed by atoms with Crippen molar-refractivity contribution in [1.29, 1.82) is 0 Å². The van der Waals surface area contributed by atoms with E-state index in [-0.39, 0.29) is 40.7 Å². The van der Waals surface area contributed by atoms with Gasteiger partial charge in [-0.05, 0) is 47.0 Å². The predicted molar refractivity (Wildman–Crippen MR) is 97.2 cm³/mol. The fourth-order valence-electron chi connectivity index (χ4n) is 3.17. The molecule has 2 atom stereocenters. The lowest BCUT2D eigenvalue weighted by Gasteiger charge is -2.32. The Kier molecular flexibility index (Phi) is 6.53. The molecule has 2 rings (SSSR count). The molecule has 0 saturated carbocycles. The van der Waals surface area contributed by atoms with Gasteiger partial charge in [-0.25, -0.2) is 8.42 Å². The summed E-state index contributed by atoms with van der Waals surface area (Å²) < 4.78 is 28.6. The molecule has 25 heavy (non-hydrogen) atoms. The SMILES string of the molecule is CC(C)N(C(=O)[C@H](C)Sc1nnc(C[C@H]2CCS(=O)(=O)C2)o1)C(C)C. The molecule has 0 aromatic carbocycles. The lowest BCUT2D eigenvalue weighted by molar-refractivity contribution is -0.133. The van der Waals surface area contributed by atoms with E-state index < -0.39 is 9.84 Å². The highest BCUT2D eigenvalue weighted by Crippen LogP contribution is 2.27. The second kappa shape index (κ2) is 8.07. The van der Waals surface area contributed by atoms with Crippen molar-refractivity contribution in [2.24, 2.45) is 5.92 Å². The number of thioether (sulfide) groups is 1. The van der Waals surface area contributed by atoms with E-state index in [1.54, 1.807) is 0 Å². The Morgan fingerprint density at radius 3 is 2.40 bits per heavy atom. The molecule has 0 radical (unpaired) electrons. The van der Waals surface area contributed by atoms with Crippen LogP contribution in [-0.2, 0) is 21.1 Å². The highest BCUT2D eigenvalue weighted by atomic mass is 32.2. The van der Waals surface area contributed by atoms with Crippen LogP contribution in [0.25, 0.3) is 0 Å². The molecule has 1 aliphatic rings. The number of carbonyl (C=O) groups is 1. The number of sulfone groups is 1. The van der Waals surface area contributed by atoms with Gasteiger partial charge in [-0.3, -0.25) is 4.79 Å². The average molecular weight is 390 g/mol. The van der Waals surface area contributed by atoms with Gasteiger partial charge in [0.05, 0.1) is 16.8 Å². The van der Waals surface area contributed by atoms with Crippen LogP contribution in [0, 0.1) is 5.92 Å². The molecular formula is C16H27N3O4S2. The van der Waals surface area contributed by atoms with Crippen LogP contribution in [0.1, 0.15) is 46.9 Å². The van der Waals surface area contributed by atoms with E-state index >= 15 is 0 Å². The highest BCUT2D eigenvalue weighted by Gasteiger charge is 2.30. The van der Waals surface area contributed by atoms with Crippen LogP contribution in [0.4, 0.5) is 0 Å². The molecule has 0 spiro atoms. The zero-order valence-electron chi connectivity index (χ0n) is 15.4. The second-order valence-corrected chi connectivity index (χ2v) is 10.6. The summed E-state index contributed by atoms with van der Waals surface area (Å²) in [5, 5.41) is 8.01. The summed E-state index contributed by atoms with van der Waals surface area (Å²) in [6.07, 6.45) is 1.11. The van der Waals surface area contributed by atoms with Crippen molar-refractivity contribution in [3.63, 3.8) is 0 Å². The first-order valence-electron chi connectivity index (χ1n) is 8.60. The lowest BCUT2D eigenvalue weighted by Crippen LogP contribution is -2.45. The van der Waals surface area contributed by atoms with Crippen LogP contribution in [0.5, 0.6) is 0 Å². The van der Waals surface area contributed by atoms with Gasteiger partial charge in [0.1, 0.15) is 0 Å². The van der Waals surface area contributed by atoms with E-state index in [2.05, 4.69) is 10.2 Å². The Morgan fingerprint density at radius 1 is 1.24 bits per heavy atom. The maximum absolute atomic E-state index is 12.6. The van der Waals surface area contributed by atoms with E-state index in [4.69, 9.17) is 4.42 Å². The van der Waals surface area contributed by atoms with Gasteiger partial charge in [-0.15, -0.1) is 10.2 Å². The van der Waals surface area contributed by atoms with Gasteiger partial charge in [0.25, 0.3) is 5.22 Å². The minimum atomic E-state index is -2.91. The third kappa shape index (κ3) is 5.44. The molecule has 2 heterocycles. The number of amides is 1. The number of rotatable bonds is 7. The van der Waals surface area contributed by atoms with Crippen molar-refractivity contribution in [2.45, 2.75) is 70.0 Å². The summed E-state index contributed by atoms with van der Waals surface area (Å²) in [6, 6.07) is 0.247. The zero-order chi connectivity index (χ0) is 18.8. The maximum Gasteiger partial charge on any atom is 0.277 e. The predicted octanol–water partition coefficient (Wildman–Crippen LogP) is 2.17. The van der Waals surface area contributed by atoms with E-state index in [0.717, 1.165) is 0 Å². The smallest absolute Gasteiger partial charge is 0.277 e. The van der Waals surface area contributed by atoms with Gasteiger partial charge in [-0.2, -0.15) is 0 Å². The van der Waals surface area contributed by atoms with Gasteiger partial charge < -0.3 is 9.32 Å². The van der Waals surface area contributed by atoms with Gasteiger partial charge >= 0.3 is 0 Å². The Balaban J connectivity index is 1.95. The summed E-state index contributed by atoms with van der Waals surface area (Å²) in [6.45, 7) is 9.81. The Labute approximate surface area is 153 Å². The van der Waals surface area contributed by atoms with Crippen LogP contribution in [0.3, 0.4) is 0 Å². The van der Waals surface area contributed by atoms with Crippen LogP contribution in [-0.4, -0.2) is 58.3 Å². The topological polar surface area (TPSA) is 93.4 Å². The molecule has 1 amide bonds. The van der Waals surface area contributed by atoms with Gasteiger partial charge in [0.15, 0.2) is 9.84 Å². The Morgan fingerprint density at radius 2 is 1.88 bits per heavy atom. The minimum absolute atomic E-state index is 0.0386. The van der Waals surface area contributed by atoms with E-state index in [9.17, 15) is 13.2 Å². The maximum atomic E-state index is 12.6. The molecule has 0 N–H and O–H groups in total. The molecule has 0 bridgehead atoms. The third-order valence-electron chi connectivity index (χ3n) is 4.23. The van der Waals surface area contributed by atoms with Crippen LogP contribution >= 0.6 is 11.8 Å². The van der Waals surface area contributed by atoms with Crippen LogP contribution in [0.15, 0.2) is 9.64 Å². The van der Waals surface area contributed by atoms with Crippen molar-refractivity contribution in [1.82, 2.24) is 15.1 Å². The lowest BCUT2D eigenvalue weighted by atomic mass is 10.1. The molecule has 1 aliphatic heterocycles. The monoisotopic (exact) mass is 389 g/mol. The first-order chi connectivity index (χ1) is 11.6. The molecule has 1 saturated heterocycles. The van der Waals surface area contributed by atoms with Crippen LogP contribution < -0.4 is 0 Å². The molecule has 7 nitrogen and oxygen atoms in total. The molecule has 142 valence electrons. The van der Waals surface area contributed by atoms with Gasteiger partial charge in [-0.1, -0.05) is 11.8 Å². The second-order valence-electron chi connectivity index (χ2n) is 7.13.